The standard InChI is InChI=1S/C21H31F2N5O3.HI/c1-5-24-21(25-12-18-14(2)27-28(15(18)3)10-11-30-4)26-13-19(29)16-6-8-17(9-7-16)31-20(22)23;/h6-9,19-20,29H,5,10-13H2,1-4H3,(H2,24,25,26);1H. The van der Waals surface area contributed by atoms with Gasteiger partial charge in [-0.1, -0.05) is 12.1 Å². The summed E-state index contributed by atoms with van der Waals surface area (Å²) in [6.07, 6.45) is -0.843. The fourth-order valence-electron chi connectivity index (χ4n) is 3.04. The van der Waals surface area contributed by atoms with Crippen molar-refractivity contribution in [3.8, 4) is 5.75 Å². The maximum absolute atomic E-state index is 12.3. The van der Waals surface area contributed by atoms with E-state index in [0.717, 1.165) is 17.0 Å². The number of nitrogens with one attached hydrogen (secondary N) is 2. The van der Waals surface area contributed by atoms with Crippen molar-refractivity contribution >= 4 is 29.9 Å². The van der Waals surface area contributed by atoms with Crippen LogP contribution in [0.4, 0.5) is 8.78 Å². The first-order valence-corrected chi connectivity index (χ1v) is 10.1. The van der Waals surface area contributed by atoms with Gasteiger partial charge in [0.15, 0.2) is 5.96 Å². The van der Waals surface area contributed by atoms with Crippen LogP contribution in [0.1, 0.15) is 35.5 Å². The van der Waals surface area contributed by atoms with Gasteiger partial charge < -0.3 is 25.2 Å². The first-order valence-electron chi connectivity index (χ1n) is 10.1. The molecule has 1 aromatic heterocycles. The molecule has 0 fully saturated rings. The van der Waals surface area contributed by atoms with Crippen molar-refractivity contribution in [2.24, 2.45) is 4.99 Å². The number of methoxy groups -OCH3 is 1. The van der Waals surface area contributed by atoms with E-state index in [1.807, 2.05) is 25.5 Å². The summed E-state index contributed by atoms with van der Waals surface area (Å²) in [6, 6.07) is 5.90. The van der Waals surface area contributed by atoms with Gasteiger partial charge in [0.05, 0.1) is 31.5 Å². The Bertz CT molecular complexity index is 847. The van der Waals surface area contributed by atoms with Gasteiger partial charge in [-0.15, -0.1) is 24.0 Å². The second-order valence-electron chi connectivity index (χ2n) is 6.90. The highest BCUT2D eigenvalue weighted by molar-refractivity contribution is 14.0. The van der Waals surface area contributed by atoms with Gasteiger partial charge in [0, 0.05) is 31.5 Å². The van der Waals surface area contributed by atoms with Gasteiger partial charge in [-0.05, 0) is 38.5 Å². The molecule has 0 spiro atoms. The molecule has 1 atom stereocenters. The van der Waals surface area contributed by atoms with Crippen molar-refractivity contribution in [1.82, 2.24) is 20.4 Å². The van der Waals surface area contributed by atoms with Crippen LogP contribution in [0, 0.1) is 13.8 Å². The van der Waals surface area contributed by atoms with Crippen LogP contribution in [0.15, 0.2) is 29.3 Å². The monoisotopic (exact) mass is 567 g/mol. The van der Waals surface area contributed by atoms with Crippen molar-refractivity contribution in [1.29, 1.82) is 0 Å². The van der Waals surface area contributed by atoms with Crippen LogP contribution in [-0.4, -0.2) is 54.3 Å². The summed E-state index contributed by atoms with van der Waals surface area (Å²) in [5, 5.41) is 21.2. The van der Waals surface area contributed by atoms with E-state index in [1.165, 1.54) is 12.1 Å². The van der Waals surface area contributed by atoms with Gasteiger partial charge in [0.1, 0.15) is 5.75 Å². The minimum atomic E-state index is -2.88. The minimum Gasteiger partial charge on any atom is -0.435 e. The maximum Gasteiger partial charge on any atom is 0.387 e. The quantitative estimate of drug-likeness (QED) is 0.220. The summed E-state index contributed by atoms with van der Waals surface area (Å²) in [5.74, 6) is 0.605. The van der Waals surface area contributed by atoms with E-state index in [9.17, 15) is 13.9 Å². The number of alkyl halides is 2. The highest BCUT2D eigenvalue weighted by Crippen LogP contribution is 2.19. The molecule has 0 bridgehead atoms. The third-order valence-electron chi connectivity index (χ3n) is 4.73. The van der Waals surface area contributed by atoms with E-state index in [2.05, 4.69) is 25.5 Å². The number of benzene rings is 1. The van der Waals surface area contributed by atoms with Crippen LogP contribution in [0.2, 0.25) is 0 Å². The van der Waals surface area contributed by atoms with Crippen molar-refractivity contribution < 1.29 is 23.4 Å². The Labute approximate surface area is 204 Å². The SMILES string of the molecule is CCNC(=NCc1c(C)nn(CCOC)c1C)NCC(O)c1ccc(OC(F)F)cc1.I. The summed E-state index contributed by atoms with van der Waals surface area (Å²) in [4.78, 5) is 4.61. The number of ether oxygens (including phenoxy) is 2. The van der Waals surface area contributed by atoms with Gasteiger partial charge in [-0.25, -0.2) is 4.99 Å². The molecule has 180 valence electrons. The zero-order valence-corrected chi connectivity index (χ0v) is 21.1. The van der Waals surface area contributed by atoms with Crippen LogP contribution in [0.3, 0.4) is 0 Å². The third kappa shape index (κ3) is 8.51. The Kier molecular flexibility index (Phi) is 12.5. The summed E-state index contributed by atoms with van der Waals surface area (Å²) in [7, 11) is 1.66. The molecule has 11 heteroatoms. The molecule has 0 saturated carbocycles. The topological polar surface area (TPSA) is 92.9 Å². The highest BCUT2D eigenvalue weighted by Gasteiger charge is 2.13. The van der Waals surface area contributed by atoms with Crippen LogP contribution in [0.25, 0.3) is 0 Å². The lowest BCUT2D eigenvalue weighted by molar-refractivity contribution is -0.0498. The van der Waals surface area contributed by atoms with Gasteiger partial charge in [-0.2, -0.15) is 13.9 Å². The van der Waals surface area contributed by atoms with Crippen LogP contribution >= 0.6 is 24.0 Å². The molecule has 0 radical (unpaired) electrons. The molecule has 32 heavy (non-hydrogen) atoms. The molecule has 0 aliphatic carbocycles. The fourth-order valence-corrected chi connectivity index (χ4v) is 3.04. The number of halogens is 3. The number of guanidine groups is 1. The summed E-state index contributed by atoms with van der Waals surface area (Å²) >= 11 is 0. The lowest BCUT2D eigenvalue weighted by atomic mass is 10.1. The van der Waals surface area contributed by atoms with E-state index in [4.69, 9.17) is 4.74 Å². The molecule has 1 heterocycles. The summed E-state index contributed by atoms with van der Waals surface area (Å²) < 4.78 is 35.9. The average Bonchev–Trinajstić information content (AvgIpc) is 3.01. The van der Waals surface area contributed by atoms with Gasteiger partial charge >= 0.3 is 6.61 Å². The number of nitrogens with zero attached hydrogens (tertiary/aromatic N) is 3. The number of aliphatic hydroxyl groups is 1. The molecule has 0 saturated heterocycles. The summed E-state index contributed by atoms with van der Waals surface area (Å²) in [6.45, 7) is 5.60. The zero-order chi connectivity index (χ0) is 22.8. The van der Waals surface area contributed by atoms with E-state index < -0.39 is 12.7 Å². The Hall–Kier alpha value is -1.99. The smallest absolute Gasteiger partial charge is 0.387 e. The van der Waals surface area contributed by atoms with E-state index in [0.29, 0.717) is 37.8 Å². The molecule has 1 unspecified atom stereocenters. The normalized spacial score (nSPS) is 12.4. The predicted molar refractivity (Wildman–Crippen MR) is 130 cm³/mol. The molecular formula is C21H32F2IN5O3. The number of aliphatic imine (C=N–C) groups is 1. The van der Waals surface area contributed by atoms with Crippen molar-refractivity contribution in [2.75, 3.05) is 26.8 Å². The van der Waals surface area contributed by atoms with Crippen LogP contribution < -0.4 is 15.4 Å². The van der Waals surface area contributed by atoms with E-state index in [1.54, 1.807) is 19.2 Å². The maximum atomic E-state index is 12.3. The zero-order valence-electron chi connectivity index (χ0n) is 18.8. The number of hydrogen-bond donors (Lipinski definition) is 3. The average molecular weight is 567 g/mol. The first kappa shape index (κ1) is 28.0. The lowest BCUT2D eigenvalue weighted by Crippen LogP contribution is -2.39. The number of hydrogen-bond acceptors (Lipinski definition) is 5. The van der Waals surface area contributed by atoms with E-state index >= 15 is 0 Å². The molecule has 0 aliphatic heterocycles. The molecule has 1 aromatic carbocycles. The first-order chi connectivity index (χ1) is 14.8. The number of aliphatic hydroxyl groups excluding tert-OH is 1. The number of aryl methyl sites for hydroxylation is 1. The van der Waals surface area contributed by atoms with Gasteiger partial charge in [0.25, 0.3) is 0 Å². The molecule has 3 N–H and O–H groups in total. The predicted octanol–water partition coefficient (Wildman–Crippen LogP) is 3.15. The second-order valence-corrected chi connectivity index (χ2v) is 6.90. The molecule has 2 rings (SSSR count). The Morgan fingerprint density at radius 1 is 1.22 bits per heavy atom. The van der Waals surface area contributed by atoms with Gasteiger partial charge in [-0.3, -0.25) is 4.68 Å². The lowest BCUT2D eigenvalue weighted by Gasteiger charge is -2.16. The Morgan fingerprint density at radius 3 is 2.50 bits per heavy atom. The molecule has 2 aromatic rings. The molecular weight excluding hydrogens is 535 g/mol. The van der Waals surface area contributed by atoms with Crippen LogP contribution in [0.5, 0.6) is 5.75 Å². The highest BCUT2D eigenvalue weighted by atomic mass is 127. The Balaban J connectivity index is 0.00000512. The summed E-state index contributed by atoms with van der Waals surface area (Å²) in [5.41, 5.74) is 3.58. The molecule has 0 amide bonds. The van der Waals surface area contributed by atoms with Crippen LogP contribution in [-0.2, 0) is 17.8 Å². The van der Waals surface area contributed by atoms with E-state index in [-0.39, 0.29) is 36.3 Å². The van der Waals surface area contributed by atoms with Gasteiger partial charge in [0.2, 0.25) is 0 Å². The van der Waals surface area contributed by atoms with Crippen molar-refractivity contribution in [2.45, 2.75) is 46.6 Å². The number of rotatable bonds is 11. The van der Waals surface area contributed by atoms with Crippen molar-refractivity contribution in [3.63, 3.8) is 0 Å². The third-order valence-corrected chi connectivity index (χ3v) is 4.73. The minimum absolute atomic E-state index is 0. The molecule has 0 aliphatic rings. The van der Waals surface area contributed by atoms with Crippen molar-refractivity contribution in [3.05, 3.63) is 46.8 Å². The number of aromatic nitrogens is 2. The molecule has 8 nitrogen and oxygen atoms in total. The fraction of sp³-hybridized carbons (Fsp3) is 0.524. The second kappa shape index (κ2) is 14.2. The largest absolute Gasteiger partial charge is 0.435 e. The Morgan fingerprint density at radius 2 is 1.91 bits per heavy atom.